The van der Waals surface area contributed by atoms with Crippen LogP contribution >= 0.6 is 0 Å². The summed E-state index contributed by atoms with van der Waals surface area (Å²) in [5.41, 5.74) is 0.816. The van der Waals surface area contributed by atoms with Crippen LogP contribution in [0, 0.1) is 0 Å². The van der Waals surface area contributed by atoms with Crippen LogP contribution < -0.4 is 15.2 Å². The highest BCUT2D eigenvalue weighted by Crippen LogP contribution is 2.33. The average molecular weight is 376 g/mol. The molecule has 2 aromatic carbocycles. The van der Waals surface area contributed by atoms with Crippen LogP contribution in [0.1, 0.15) is 30.2 Å². The molecule has 0 radical (unpaired) electrons. The fraction of sp³-hybridized carbons (Fsp3) is 0.227. The number of ketones is 1. The Kier molecular flexibility index (Phi) is 4.47. The van der Waals surface area contributed by atoms with Crippen LogP contribution in [-0.4, -0.2) is 29.4 Å². The molecule has 1 aromatic heterocycles. The van der Waals surface area contributed by atoms with Gasteiger partial charge in [-0.05, 0) is 49.6 Å². The summed E-state index contributed by atoms with van der Waals surface area (Å²) in [6.45, 7) is 4.07. The van der Waals surface area contributed by atoms with Gasteiger partial charge in [-0.1, -0.05) is 18.2 Å². The molecule has 0 saturated carbocycles. The normalized spacial score (nSPS) is 14.5. The Bertz CT molecular complexity index is 1150. The third-order valence-electron chi connectivity index (χ3n) is 5.14. The lowest BCUT2D eigenvalue weighted by Crippen LogP contribution is -2.38. The molecule has 0 N–H and O–H groups in total. The largest absolute Gasteiger partial charge is 0.482 e. The second-order valence-electron chi connectivity index (χ2n) is 6.76. The van der Waals surface area contributed by atoms with Crippen molar-refractivity contribution < 1.29 is 14.3 Å². The summed E-state index contributed by atoms with van der Waals surface area (Å²) >= 11 is 0. The smallest absolute Gasteiger partial charge is 0.265 e. The van der Waals surface area contributed by atoms with Gasteiger partial charge >= 0.3 is 0 Å². The number of aromatic nitrogens is 1. The zero-order valence-electron chi connectivity index (χ0n) is 15.7. The molecular weight excluding hydrogens is 356 g/mol. The van der Waals surface area contributed by atoms with E-state index in [2.05, 4.69) is 0 Å². The van der Waals surface area contributed by atoms with Crippen LogP contribution in [0.25, 0.3) is 10.8 Å². The number of amides is 1. The first-order valence-electron chi connectivity index (χ1n) is 9.22. The number of rotatable bonds is 4. The second kappa shape index (κ2) is 6.96. The number of benzene rings is 2. The van der Waals surface area contributed by atoms with Crippen LogP contribution in [0.5, 0.6) is 5.75 Å². The first-order chi connectivity index (χ1) is 13.5. The minimum atomic E-state index is -0.676. The van der Waals surface area contributed by atoms with Crippen LogP contribution in [0.15, 0.2) is 59.5 Å². The van der Waals surface area contributed by atoms with E-state index in [0.717, 1.165) is 5.39 Å². The van der Waals surface area contributed by atoms with Crippen molar-refractivity contribution in [3.05, 3.63) is 70.6 Å². The Labute approximate surface area is 162 Å². The number of fused-ring (bicyclic) bond motifs is 2. The summed E-state index contributed by atoms with van der Waals surface area (Å²) in [6.07, 6.45) is 1.65. The van der Waals surface area contributed by atoms with Crippen molar-refractivity contribution in [1.29, 1.82) is 0 Å². The number of hydrogen-bond acceptors (Lipinski definition) is 4. The van der Waals surface area contributed by atoms with Gasteiger partial charge in [-0.3, -0.25) is 14.4 Å². The Hall–Kier alpha value is -3.41. The van der Waals surface area contributed by atoms with E-state index in [1.165, 1.54) is 4.57 Å². The Morgan fingerprint density at radius 3 is 2.71 bits per heavy atom. The summed E-state index contributed by atoms with van der Waals surface area (Å²) in [7, 11) is 0. The van der Waals surface area contributed by atoms with Gasteiger partial charge in [0.2, 0.25) is 0 Å². The fourth-order valence-electron chi connectivity index (χ4n) is 3.58. The number of carbonyl (C=O) groups is 2. The average Bonchev–Trinajstić information content (AvgIpc) is 2.72. The minimum Gasteiger partial charge on any atom is -0.482 e. The third kappa shape index (κ3) is 2.87. The highest BCUT2D eigenvalue weighted by Gasteiger charge is 2.26. The molecule has 0 spiro atoms. The molecule has 1 amide bonds. The molecule has 0 saturated heterocycles. The molecule has 6 heteroatoms. The summed E-state index contributed by atoms with van der Waals surface area (Å²) in [5, 5.41) is 1.41. The van der Waals surface area contributed by atoms with Crippen LogP contribution in [0.3, 0.4) is 0 Å². The van der Waals surface area contributed by atoms with E-state index in [1.54, 1.807) is 48.4 Å². The minimum absolute atomic E-state index is 0.00296. The van der Waals surface area contributed by atoms with E-state index in [0.29, 0.717) is 28.9 Å². The molecule has 3 aromatic rings. The van der Waals surface area contributed by atoms with Crippen LogP contribution in [0.2, 0.25) is 0 Å². The zero-order chi connectivity index (χ0) is 19.8. The SMILES string of the molecule is CCN1C(=O)COc2ccc(C(=O)C(C)n3ccc4ccccc4c3=O)cc21. The first-order valence-corrected chi connectivity index (χ1v) is 9.22. The van der Waals surface area contributed by atoms with Gasteiger partial charge in [0.25, 0.3) is 11.5 Å². The maximum Gasteiger partial charge on any atom is 0.265 e. The molecule has 0 fully saturated rings. The lowest BCUT2D eigenvalue weighted by atomic mass is 10.0. The summed E-state index contributed by atoms with van der Waals surface area (Å²) < 4.78 is 6.91. The van der Waals surface area contributed by atoms with E-state index in [1.807, 2.05) is 25.1 Å². The number of likely N-dealkylation sites (N-methyl/N-ethyl adjacent to an activating group) is 1. The van der Waals surface area contributed by atoms with Gasteiger partial charge in [-0.2, -0.15) is 0 Å². The van der Waals surface area contributed by atoms with Gasteiger partial charge < -0.3 is 14.2 Å². The predicted molar refractivity (Wildman–Crippen MR) is 107 cm³/mol. The molecule has 28 heavy (non-hydrogen) atoms. The van der Waals surface area contributed by atoms with Gasteiger partial charge in [0.1, 0.15) is 5.75 Å². The zero-order valence-corrected chi connectivity index (χ0v) is 15.7. The highest BCUT2D eigenvalue weighted by atomic mass is 16.5. The molecule has 1 atom stereocenters. The Morgan fingerprint density at radius 2 is 1.93 bits per heavy atom. The van der Waals surface area contributed by atoms with E-state index in [9.17, 15) is 14.4 Å². The van der Waals surface area contributed by atoms with Crippen molar-refractivity contribution >= 4 is 28.2 Å². The molecule has 1 unspecified atom stereocenters. The standard InChI is InChI=1S/C22H20N2O4/c1-3-23-18-12-16(8-9-19(18)28-13-20(23)25)21(26)14(2)24-11-10-15-6-4-5-7-17(15)22(24)27/h4-12,14H,3,13H2,1-2H3. The third-order valence-corrected chi connectivity index (χ3v) is 5.14. The lowest BCUT2D eigenvalue weighted by molar-refractivity contribution is -0.121. The Balaban J connectivity index is 1.72. The number of ether oxygens (including phenoxy) is 1. The summed E-state index contributed by atoms with van der Waals surface area (Å²) in [4.78, 5) is 39.6. The van der Waals surface area contributed by atoms with Gasteiger partial charge in [-0.15, -0.1) is 0 Å². The molecule has 0 aliphatic carbocycles. The van der Waals surface area contributed by atoms with Crippen molar-refractivity contribution in [3.8, 4) is 5.75 Å². The molecule has 6 nitrogen and oxygen atoms in total. The van der Waals surface area contributed by atoms with Crippen molar-refractivity contribution in [2.45, 2.75) is 19.9 Å². The number of hydrogen-bond donors (Lipinski definition) is 0. The Morgan fingerprint density at radius 1 is 1.14 bits per heavy atom. The number of anilines is 1. The van der Waals surface area contributed by atoms with Crippen molar-refractivity contribution in [2.24, 2.45) is 0 Å². The molecule has 142 valence electrons. The lowest BCUT2D eigenvalue weighted by Gasteiger charge is -2.28. The maximum absolute atomic E-state index is 13.1. The second-order valence-corrected chi connectivity index (χ2v) is 6.76. The number of pyridine rings is 1. The van der Waals surface area contributed by atoms with Gasteiger partial charge in [-0.25, -0.2) is 0 Å². The summed E-state index contributed by atoms with van der Waals surface area (Å²) in [5.74, 6) is 0.237. The van der Waals surface area contributed by atoms with Crippen LogP contribution in [0.4, 0.5) is 5.69 Å². The highest BCUT2D eigenvalue weighted by molar-refractivity contribution is 6.03. The van der Waals surface area contributed by atoms with Gasteiger partial charge in [0.15, 0.2) is 12.4 Å². The molecule has 2 heterocycles. The van der Waals surface area contributed by atoms with Crippen LogP contribution in [-0.2, 0) is 4.79 Å². The predicted octanol–water partition coefficient (Wildman–Crippen LogP) is 3.19. The quantitative estimate of drug-likeness (QED) is 0.656. The molecule has 0 bridgehead atoms. The molecule has 4 rings (SSSR count). The maximum atomic E-state index is 13.1. The number of nitrogens with zero attached hydrogens (tertiary/aromatic N) is 2. The summed E-state index contributed by atoms with van der Waals surface area (Å²) in [6, 6.07) is 13.5. The topological polar surface area (TPSA) is 68.6 Å². The van der Waals surface area contributed by atoms with Gasteiger partial charge in [0.05, 0.1) is 11.7 Å². The first kappa shape index (κ1) is 18.0. The number of Topliss-reactive ketones (excluding diaryl/α,β-unsaturated/α-hetero) is 1. The monoisotopic (exact) mass is 376 g/mol. The van der Waals surface area contributed by atoms with E-state index in [-0.39, 0.29) is 23.9 Å². The molecule has 1 aliphatic heterocycles. The van der Waals surface area contributed by atoms with Gasteiger partial charge in [0, 0.05) is 23.7 Å². The number of carbonyl (C=O) groups excluding carboxylic acids is 2. The molecular formula is C22H20N2O4. The van der Waals surface area contributed by atoms with E-state index in [4.69, 9.17) is 4.74 Å². The van der Waals surface area contributed by atoms with Crippen molar-refractivity contribution in [3.63, 3.8) is 0 Å². The van der Waals surface area contributed by atoms with Crippen molar-refractivity contribution in [1.82, 2.24) is 4.57 Å². The van der Waals surface area contributed by atoms with Crippen molar-refractivity contribution in [2.75, 3.05) is 18.1 Å². The molecule has 1 aliphatic rings. The van der Waals surface area contributed by atoms with E-state index < -0.39 is 6.04 Å². The van der Waals surface area contributed by atoms with E-state index >= 15 is 0 Å². The fourth-order valence-corrected chi connectivity index (χ4v) is 3.58.